The first kappa shape index (κ1) is 16.6. The van der Waals surface area contributed by atoms with Gasteiger partial charge in [-0.25, -0.2) is 8.42 Å². The Bertz CT molecular complexity index is 614. The lowest BCUT2D eigenvalue weighted by molar-refractivity contribution is 0.239. The zero-order valence-corrected chi connectivity index (χ0v) is 14.2. The Balaban J connectivity index is 2.43. The Morgan fingerprint density at radius 2 is 2.10 bits per heavy atom. The predicted octanol–water partition coefficient (Wildman–Crippen LogP) is 3.57. The number of nitrogens with two attached hydrogens (primary N) is 1. The molecule has 4 nitrogen and oxygen atoms in total. The summed E-state index contributed by atoms with van der Waals surface area (Å²) in [6.07, 6.45) is 4.84. The fourth-order valence-corrected chi connectivity index (χ4v) is 5.17. The Labute approximate surface area is 132 Å². The van der Waals surface area contributed by atoms with Crippen molar-refractivity contribution in [3.8, 4) is 0 Å². The van der Waals surface area contributed by atoms with Gasteiger partial charge in [-0.05, 0) is 43.9 Å². The van der Waals surface area contributed by atoms with E-state index in [1.165, 1.54) is 6.07 Å². The highest BCUT2D eigenvalue weighted by Gasteiger charge is 2.34. The first-order valence-electron chi connectivity index (χ1n) is 7.45. The second kappa shape index (κ2) is 6.55. The summed E-state index contributed by atoms with van der Waals surface area (Å²) < 4.78 is 27.6. The summed E-state index contributed by atoms with van der Waals surface area (Å²) in [5.41, 5.74) is 6.75. The van der Waals surface area contributed by atoms with E-state index >= 15 is 0 Å². The van der Waals surface area contributed by atoms with Crippen LogP contribution in [0, 0.1) is 6.92 Å². The highest BCUT2D eigenvalue weighted by molar-refractivity contribution is 7.89. The molecule has 1 fully saturated rings. The smallest absolute Gasteiger partial charge is 0.243 e. The van der Waals surface area contributed by atoms with Crippen molar-refractivity contribution < 1.29 is 8.42 Å². The molecule has 1 saturated heterocycles. The van der Waals surface area contributed by atoms with Crippen LogP contribution in [0.4, 0.5) is 5.69 Å². The van der Waals surface area contributed by atoms with Crippen molar-refractivity contribution in [2.75, 3.05) is 12.3 Å². The lowest BCUT2D eigenvalue weighted by Crippen LogP contribution is -2.43. The van der Waals surface area contributed by atoms with Crippen LogP contribution in [0.3, 0.4) is 0 Å². The van der Waals surface area contributed by atoms with E-state index < -0.39 is 10.0 Å². The van der Waals surface area contributed by atoms with Gasteiger partial charge in [0.05, 0.1) is 15.6 Å². The van der Waals surface area contributed by atoms with Crippen LogP contribution in [-0.4, -0.2) is 25.3 Å². The molecule has 0 saturated carbocycles. The predicted molar refractivity (Wildman–Crippen MR) is 87.0 cm³/mol. The number of piperidine rings is 1. The van der Waals surface area contributed by atoms with Crippen molar-refractivity contribution in [1.29, 1.82) is 0 Å². The van der Waals surface area contributed by atoms with Gasteiger partial charge in [0, 0.05) is 12.6 Å². The Hall–Kier alpha value is -0.780. The second-order valence-electron chi connectivity index (χ2n) is 5.69. The number of nitrogen functional groups attached to an aromatic ring is 1. The third-order valence-corrected chi connectivity index (χ3v) is 6.50. The number of aryl methyl sites for hydroxylation is 1. The van der Waals surface area contributed by atoms with Gasteiger partial charge in [0.1, 0.15) is 0 Å². The maximum Gasteiger partial charge on any atom is 0.243 e. The third kappa shape index (κ3) is 3.35. The van der Waals surface area contributed by atoms with E-state index in [0.29, 0.717) is 22.8 Å². The summed E-state index contributed by atoms with van der Waals surface area (Å²) in [6.45, 7) is 4.44. The molecule has 21 heavy (non-hydrogen) atoms. The van der Waals surface area contributed by atoms with Gasteiger partial charge < -0.3 is 5.73 Å². The molecule has 118 valence electrons. The average Bonchev–Trinajstić information content (AvgIpc) is 2.43. The Morgan fingerprint density at radius 1 is 1.38 bits per heavy atom. The van der Waals surface area contributed by atoms with Crippen molar-refractivity contribution in [3.63, 3.8) is 0 Å². The van der Waals surface area contributed by atoms with Crippen molar-refractivity contribution in [2.24, 2.45) is 0 Å². The van der Waals surface area contributed by atoms with Gasteiger partial charge in [-0.3, -0.25) is 0 Å². The Morgan fingerprint density at radius 3 is 2.76 bits per heavy atom. The monoisotopic (exact) mass is 330 g/mol. The zero-order chi connectivity index (χ0) is 15.6. The minimum atomic E-state index is -3.51. The number of rotatable bonds is 4. The van der Waals surface area contributed by atoms with Gasteiger partial charge in [-0.1, -0.05) is 31.4 Å². The molecule has 0 spiro atoms. The summed E-state index contributed by atoms with van der Waals surface area (Å²) in [6, 6.07) is 3.22. The van der Waals surface area contributed by atoms with Crippen LogP contribution in [0.15, 0.2) is 17.0 Å². The molecule has 1 atom stereocenters. The van der Waals surface area contributed by atoms with E-state index in [-0.39, 0.29) is 10.9 Å². The lowest BCUT2D eigenvalue weighted by atomic mass is 10.0. The summed E-state index contributed by atoms with van der Waals surface area (Å²) in [5.74, 6) is 0. The topological polar surface area (TPSA) is 63.4 Å². The maximum atomic E-state index is 13.0. The van der Waals surface area contributed by atoms with Crippen molar-refractivity contribution in [2.45, 2.75) is 56.9 Å². The van der Waals surface area contributed by atoms with E-state index in [0.717, 1.165) is 32.1 Å². The highest BCUT2D eigenvalue weighted by atomic mass is 35.5. The van der Waals surface area contributed by atoms with Crippen LogP contribution in [0.5, 0.6) is 0 Å². The molecule has 1 aromatic carbocycles. The number of hydrogen-bond acceptors (Lipinski definition) is 3. The number of hydrogen-bond donors (Lipinski definition) is 1. The average molecular weight is 331 g/mol. The number of benzene rings is 1. The molecule has 0 amide bonds. The minimum absolute atomic E-state index is 0.102. The van der Waals surface area contributed by atoms with Gasteiger partial charge in [0.2, 0.25) is 10.0 Å². The molecule has 2 rings (SSSR count). The van der Waals surface area contributed by atoms with Crippen molar-refractivity contribution >= 4 is 27.3 Å². The molecule has 1 aliphatic heterocycles. The first-order valence-corrected chi connectivity index (χ1v) is 9.27. The molecule has 1 unspecified atom stereocenters. The van der Waals surface area contributed by atoms with E-state index in [4.69, 9.17) is 17.3 Å². The number of anilines is 1. The summed E-state index contributed by atoms with van der Waals surface area (Å²) >= 11 is 5.97. The number of nitrogens with zero attached hydrogens (tertiary/aromatic N) is 1. The molecular formula is C15H23ClN2O2S. The van der Waals surface area contributed by atoms with Gasteiger partial charge in [0.15, 0.2) is 0 Å². The van der Waals surface area contributed by atoms with Gasteiger partial charge in [-0.15, -0.1) is 0 Å². The number of halogens is 1. The van der Waals surface area contributed by atoms with E-state index in [1.807, 2.05) is 0 Å². The summed E-state index contributed by atoms with van der Waals surface area (Å²) in [4.78, 5) is 0.285. The van der Waals surface area contributed by atoms with Crippen molar-refractivity contribution in [3.05, 3.63) is 22.7 Å². The fraction of sp³-hybridized carbons (Fsp3) is 0.600. The molecule has 6 heteroatoms. The van der Waals surface area contributed by atoms with E-state index in [1.54, 1.807) is 17.3 Å². The summed E-state index contributed by atoms with van der Waals surface area (Å²) in [5, 5.41) is 0.398. The minimum Gasteiger partial charge on any atom is -0.397 e. The van der Waals surface area contributed by atoms with Gasteiger partial charge in [-0.2, -0.15) is 4.31 Å². The van der Waals surface area contributed by atoms with Gasteiger partial charge in [0.25, 0.3) is 0 Å². The van der Waals surface area contributed by atoms with Gasteiger partial charge >= 0.3 is 0 Å². The Kier molecular flexibility index (Phi) is 5.17. The van der Waals surface area contributed by atoms with Crippen LogP contribution in [0.2, 0.25) is 5.02 Å². The molecule has 1 aliphatic rings. The highest BCUT2D eigenvalue weighted by Crippen LogP contribution is 2.32. The van der Waals surface area contributed by atoms with E-state index in [2.05, 4.69) is 6.92 Å². The molecule has 1 heterocycles. The maximum absolute atomic E-state index is 13.0. The zero-order valence-electron chi connectivity index (χ0n) is 12.6. The lowest BCUT2D eigenvalue weighted by Gasteiger charge is -2.35. The molecular weight excluding hydrogens is 308 g/mol. The number of sulfonamides is 1. The molecule has 0 aliphatic carbocycles. The van der Waals surface area contributed by atoms with Crippen LogP contribution in [0.25, 0.3) is 0 Å². The molecule has 0 radical (unpaired) electrons. The SMILES string of the molecule is CCCC1CCCCN1S(=O)(=O)c1cc(N)c(Cl)cc1C. The van der Waals surface area contributed by atoms with E-state index in [9.17, 15) is 8.42 Å². The summed E-state index contributed by atoms with van der Waals surface area (Å²) in [7, 11) is -3.51. The molecule has 1 aromatic rings. The normalized spacial score (nSPS) is 20.6. The third-order valence-electron chi connectivity index (χ3n) is 4.08. The molecule has 0 aromatic heterocycles. The standard InChI is InChI=1S/C15H23ClN2O2S/c1-3-6-12-7-4-5-8-18(12)21(19,20)15-10-14(17)13(16)9-11(15)2/h9-10,12H,3-8,17H2,1-2H3. The van der Waals surface area contributed by atoms with Crippen molar-refractivity contribution in [1.82, 2.24) is 4.31 Å². The molecule has 2 N–H and O–H groups in total. The molecule has 0 bridgehead atoms. The van der Waals surface area contributed by atoms with Crippen LogP contribution < -0.4 is 5.73 Å². The largest absolute Gasteiger partial charge is 0.397 e. The first-order chi connectivity index (χ1) is 9.87. The fourth-order valence-electron chi connectivity index (χ4n) is 2.98. The van der Waals surface area contributed by atoms with Crippen LogP contribution in [0.1, 0.15) is 44.6 Å². The van der Waals surface area contributed by atoms with Crippen LogP contribution >= 0.6 is 11.6 Å². The second-order valence-corrected chi connectivity index (χ2v) is 7.96. The quantitative estimate of drug-likeness (QED) is 0.858. The van der Waals surface area contributed by atoms with Crippen LogP contribution in [-0.2, 0) is 10.0 Å².